The third kappa shape index (κ3) is 3.58. The molecule has 2 bridgehead atoms. The van der Waals surface area contributed by atoms with Crippen molar-refractivity contribution >= 4 is 27.5 Å². The van der Waals surface area contributed by atoms with E-state index in [2.05, 4.69) is 26.6 Å². The molecule has 2 aliphatic heterocycles. The molecule has 1 aromatic rings. The van der Waals surface area contributed by atoms with Crippen LogP contribution in [0.4, 0.5) is 5.69 Å². The second-order valence-corrected chi connectivity index (χ2v) is 6.93. The maximum atomic E-state index is 12.2. The van der Waals surface area contributed by atoms with Crippen LogP contribution in [0.15, 0.2) is 22.7 Å². The number of piperidine rings is 1. The highest BCUT2D eigenvalue weighted by molar-refractivity contribution is 9.10. The summed E-state index contributed by atoms with van der Waals surface area (Å²) in [5.74, 6) is 1.40. The number of carbonyl (C=O) groups is 1. The van der Waals surface area contributed by atoms with Crippen LogP contribution in [0, 0.1) is 5.92 Å². The smallest absolute Gasteiger partial charge is 0.224 e. The van der Waals surface area contributed by atoms with Crippen LogP contribution in [0.3, 0.4) is 0 Å². The predicted molar refractivity (Wildman–Crippen MR) is 86.6 cm³/mol. The Bertz CT molecular complexity index is 523. The average Bonchev–Trinajstić information content (AvgIpc) is 2.78. The summed E-state index contributed by atoms with van der Waals surface area (Å²) in [4.78, 5) is 12.2. The molecular formula is C16H21BrN2O2. The molecule has 2 unspecified atom stereocenters. The molecule has 2 fully saturated rings. The number of fused-ring (bicyclic) bond motifs is 2. The maximum Gasteiger partial charge on any atom is 0.224 e. The fourth-order valence-electron chi connectivity index (χ4n) is 3.56. The number of amides is 1. The zero-order chi connectivity index (χ0) is 14.8. The molecule has 2 aliphatic rings. The van der Waals surface area contributed by atoms with Crippen molar-refractivity contribution in [2.45, 2.75) is 44.2 Å². The van der Waals surface area contributed by atoms with Gasteiger partial charge >= 0.3 is 0 Å². The monoisotopic (exact) mass is 352 g/mol. The molecule has 2 N–H and O–H groups in total. The van der Waals surface area contributed by atoms with Gasteiger partial charge in [0.1, 0.15) is 5.75 Å². The molecule has 0 saturated carbocycles. The standard InChI is InChI=1S/C16H21BrN2O2/c1-21-15-5-4-13(9-14(15)17)19-16(20)8-10-6-11-2-3-12(7-10)18-11/h4-5,9-12,18H,2-3,6-8H2,1H3,(H,19,20). The van der Waals surface area contributed by atoms with Gasteiger partial charge in [0.25, 0.3) is 0 Å². The van der Waals surface area contributed by atoms with Crippen LogP contribution in [-0.2, 0) is 4.79 Å². The molecule has 1 amide bonds. The minimum Gasteiger partial charge on any atom is -0.496 e. The SMILES string of the molecule is COc1ccc(NC(=O)CC2CC3CCC(C2)N3)cc1Br. The van der Waals surface area contributed by atoms with Crippen LogP contribution in [0.25, 0.3) is 0 Å². The van der Waals surface area contributed by atoms with Gasteiger partial charge in [0.2, 0.25) is 5.91 Å². The van der Waals surface area contributed by atoms with Gasteiger partial charge in [-0.25, -0.2) is 0 Å². The molecule has 21 heavy (non-hydrogen) atoms. The second-order valence-electron chi connectivity index (χ2n) is 6.08. The minimum atomic E-state index is 0.110. The zero-order valence-electron chi connectivity index (χ0n) is 12.2. The van der Waals surface area contributed by atoms with Crippen LogP contribution in [0.1, 0.15) is 32.1 Å². The van der Waals surface area contributed by atoms with Gasteiger partial charge in [-0.2, -0.15) is 0 Å². The molecule has 2 heterocycles. The fourth-order valence-corrected chi connectivity index (χ4v) is 4.10. The van der Waals surface area contributed by atoms with Crippen LogP contribution in [0.2, 0.25) is 0 Å². The van der Waals surface area contributed by atoms with Crippen molar-refractivity contribution in [2.75, 3.05) is 12.4 Å². The van der Waals surface area contributed by atoms with Crippen LogP contribution in [-0.4, -0.2) is 25.1 Å². The Morgan fingerprint density at radius 1 is 1.38 bits per heavy atom. The van der Waals surface area contributed by atoms with E-state index in [4.69, 9.17) is 4.74 Å². The van der Waals surface area contributed by atoms with Gasteiger partial charge in [-0.1, -0.05) is 0 Å². The quantitative estimate of drug-likeness (QED) is 0.873. The van der Waals surface area contributed by atoms with Crippen molar-refractivity contribution in [3.8, 4) is 5.75 Å². The van der Waals surface area contributed by atoms with E-state index in [1.54, 1.807) is 7.11 Å². The van der Waals surface area contributed by atoms with E-state index in [0.717, 1.165) is 28.8 Å². The molecule has 2 saturated heterocycles. The van der Waals surface area contributed by atoms with Gasteiger partial charge < -0.3 is 15.4 Å². The predicted octanol–water partition coefficient (Wildman–Crippen LogP) is 3.32. The van der Waals surface area contributed by atoms with Gasteiger partial charge in [0.15, 0.2) is 0 Å². The largest absolute Gasteiger partial charge is 0.496 e. The first-order chi connectivity index (χ1) is 10.1. The third-order valence-corrected chi connectivity index (χ3v) is 5.10. The van der Waals surface area contributed by atoms with Gasteiger partial charge in [-0.15, -0.1) is 0 Å². The number of methoxy groups -OCH3 is 1. The van der Waals surface area contributed by atoms with Crippen molar-refractivity contribution in [3.63, 3.8) is 0 Å². The highest BCUT2D eigenvalue weighted by atomic mass is 79.9. The molecule has 0 spiro atoms. The summed E-state index contributed by atoms with van der Waals surface area (Å²) in [6.07, 6.45) is 5.44. The maximum absolute atomic E-state index is 12.2. The molecule has 3 rings (SSSR count). The molecule has 114 valence electrons. The van der Waals surface area contributed by atoms with Crippen molar-refractivity contribution in [1.82, 2.24) is 5.32 Å². The number of nitrogens with one attached hydrogen (secondary N) is 2. The summed E-state index contributed by atoms with van der Waals surface area (Å²) < 4.78 is 6.04. The van der Waals surface area contributed by atoms with Crippen molar-refractivity contribution in [2.24, 2.45) is 5.92 Å². The summed E-state index contributed by atoms with van der Waals surface area (Å²) in [5.41, 5.74) is 0.810. The summed E-state index contributed by atoms with van der Waals surface area (Å²) in [7, 11) is 1.63. The molecule has 0 aliphatic carbocycles. The first-order valence-electron chi connectivity index (χ1n) is 7.53. The number of rotatable bonds is 4. The van der Waals surface area contributed by atoms with E-state index in [1.165, 1.54) is 12.8 Å². The van der Waals surface area contributed by atoms with Crippen molar-refractivity contribution in [3.05, 3.63) is 22.7 Å². The normalized spacial score (nSPS) is 27.4. The Balaban J connectivity index is 1.55. The third-order valence-electron chi connectivity index (χ3n) is 4.48. The summed E-state index contributed by atoms with van der Waals surface area (Å²) in [6, 6.07) is 6.87. The highest BCUT2D eigenvalue weighted by Gasteiger charge is 2.34. The molecule has 2 atom stereocenters. The summed E-state index contributed by atoms with van der Waals surface area (Å²) in [5, 5.41) is 6.60. The highest BCUT2D eigenvalue weighted by Crippen LogP contribution is 2.33. The first kappa shape index (κ1) is 14.9. The van der Waals surface area contributed by atoms with Gasteiger partial charge in [0, 0.05) is 24.2 Å². The lowest BCUT2D eigenvalue weighted by Gasteiger charge is -2.28. The van der Waals surface area contributed by atoms with E-state index >= 15 is 0 Å². The van der Waals surface area contributed by atoms with Crippen LogP contribution >= 0.6 is 15.9 Å². The molecule has 4 nitrogen and oxygen atoms in total. The van der Waals surface area contributed by atoms with Gasteiger partial charge in [-0.3, -0.25) is 4.79 Å². The van der Waals surface area contributed by atoms with Gasteiger partial charge in [-0.05, 0) is 65.7 Å². The lowest BCUT2D eigenvalue weighted by atomic mass is 9.89. The molecule has 0 aromatic heterocycles. The summed E-state index contributed by atoms with van der Waals surface area (Å²) in [6.45, 7) is 0. The number of carbonyl (C=O) groups excluding carboxylic acids is 1. The summed E-state index contributed by atoms with van der Waals surface area (Å²) >= 11 is 3.44. The zero-order valence-corrected chi connectivity index (χ0v) is 13.8. The van der Waals surface area contributed by atoms with E-state index < -0.39 is 0 Å². The number of ether oxygens (including phenoxy) is 1. The van der Waals surface area contributed by atoms with E-state index in [0.29, 0.717) is 24.4 Å². The number of anilines is 1. The van der Waals surface area contributed by atoms with Gasteiger partial charge in [0.05, 0.1) is 11.6 Å². The van der Waals surface area contributed by atoms with E-state index in [9.17, 15) is 4.79 Å². The number of hydrogen-bond acceptors (Lipinski definition) is 3. The Kier molecular flexibility index (Phi) is 4.50. The second kappa shape index (κ2) is 6.36. The molecular weight excluding hydrogens is 332 g/mol. The average molecular weight is 353 g/mol. The number of hydrogen-bond donors (Lipinski definition) is 2. The number of benzene rings is 1. The molecule has 5 heteroatoms. The Hall–Kier alpha value is -1.07. The van der Waals surface area contributed by atoms with Crippen molar-refractivity contribution in [1.29, 1.82) is 0 Å². The van der Waals surface area contributed by atoms with Crippen LogP contribution in [0.5, 0.6) is 5.75 Å². The Morgan fingerprint density at radius 3 is 2.71 bits per heavy atom. The lowest BCUT2D eigenvalue weighted by molar-refractivity contribution is -0.117. The van der Waals surface area contributed by atoms with Crippen LogP contribution < -0.4 is 15.4 Å². The first-order valence-corrected chi connectivity index (χ1v) is 8.33. The van der Waals surface area contributed by atoms with Crippen molar-refractivity contribution < 1.29 is 9.53 Å². The topological polar surface area (TPSA) is 50.4 Å². The number of halogens is 1. The molecule has 0 radical (unpaired) electrons. The minimum absolute atomic E-state index is 0.110. The Morgan fingerprint density at radius 2 is 2.10 bits per heavy atom. The van der Waals surface area contributed by atoms with E-state index in [1.807, 2.05) is 18.2 Å². The molecule has 1 aromatic carbocycles. The van der Waals surface area contributed by atoms with E-state index in [-0.39, 0.29) is 5.91 Å². The fraction of sp³-hybridized carbons (Fsp3) is 0.562. The Labute approximate surface area is 133 Å². The lowest BCUT2D eigenvalue weighted by Crippen LogP contribution is -2.39.